The Kier molecular flexibility index (Phi) is 6.11. The van der Waals surface area contributed by atoms with Crippen molar-refractivity contribution in [1.82, 2.24) is 19.5 Å². The maximum atomic E-state index is 9.48. The number of aromatic nitrogens is 4. The highest BCUT2D eigenvalue weighted by molar-refractivity contribution is 7.98. The first kappa shape index (κ1) is 18.7. The predicted molar refractivity (Wildman–Crippen MR) is 106 cm³/mol. The van der Waals surface area contributed by atoms with Gasteiger partial charge in [-0.05, 0) is 25.8 Å². The fourth-order valence-corrected chi connectivity index (χ4v) is 3.55. The van der Waals surface area contributed by atoms with E-state index < -0.39 is 0 Å². The molecular formula is C19H25N5OS. The van der Waals surface area contributed by atoms with Crippen molar-refractivity contribution >= 4 is 28.9 Å². The molecule has 7 heteroatoms. The van der Waals surface area contributed by atoms with Crippen molar-refractivity contribution in [2.75, 3.05) is 11.9 Å². The van der Waals surface area contributed by atoms with Gasteiger partial charge in [0.1, 0.15) is 10.5 Å². The number of fused-ring (bicyclic) bond motifs is 1. The van der Waals surface area contributed by atoms with Crippen molar-refractivity contribution in [3.05, 3.63) is 42.2 Å². The van der Waals surface area contributed by atoms with Crippen LogP contribution in [0.5, 0.6) is 0 Å². The van der Waals surface area contributed by atoms with Crippen LogP contribution in [0.2, 0.25) is 0 Å². The summed E-state index contributed by atoms with van der Waals surface area (Å²) < 4.78 is 2.05. The van der Waals surface area contributed by atoms with Gasteiger partial charge in [0.25, 0.3) is 0 Å². The molecule has 0 aliphatic rings. The molecule has 0 aliphatic carbocycles. The van der Waals surface area contributed by atoms with Gasteiger partial charge in [-0.15, -0.1) is 0 Å². The van der Waals surface area contributed by atoms with Gasteiger partial charge in [0, 0.05) is 11.8 Å². The third kappa shape index (κ3) is 4.16. The Morgan fingerprint density at radius 3 is 2.62 bits per heavy atom. The van der Waals surface area contributed by atoms with Crippen molar-refractivity contribution < 1.29 is 5.11 Å². The second kappa shape index (κ2) is 8.51. The molecule has 0 unspecified atom stereocenters. The number of rotatable bonds is 8. The molecule has 1 atom stereocenters. The number of aliphatic hydroxyl groups is 1. The van der Waals surface area contributed by atoms with Crippen LogP contribution in [0.3, 0.4) is 0 Å². The minimum absolute atomic E-state index is 0.0494. The predicted octanol–water partition coefficient (Wildman–Crippen LogP) is 3.88. The third-order valence-corrected chi connectivity index (χ3v) is 5.25. The number of imidazole rings is 1. The number of thioether (sulfide) groups is 1. The molecule has 0 saturated heterocycles. The van der Waals surface area contributed by atoms with E-state index in [1.165, 1.54) is 5.56 Å². The molecule has 2 heterocycles. The molecule has 1 aromatic carbocycles. The summed E-state index contributed by atoms with van der Waals surface area (Å²) in [5, 5.41) is 13.6. The second-order valence-electron chi connectivity index (χ2n) is 6.48. The lowest BCUT2D eigenvalue weighted by atomic mass is 10.2. The average Bonchev–Trinajstić information content (AvgIpc) is 3.09. The van der Waals surface area contributed by atoms with Crippen LogP contribution in [-0.4, -0.2) is 37.3 Å². The monoisotopic (exact) mass is 371 g/mol. The van der Waals surface area contributed by atoms with E-state index in [4.69, 9.17) is 0 Å². The summed E-state index contributed by atoms with van der Waals surface area (Å²) in [5.41, 5.74) is 2.88. The van der Waals surface area contributed by atoms with Crippen molar-refractivity contribution in [1.29, 1.82) is 0 Å². The molecule has 0 amide bonds. The van der Waals surface area contributed by atoms with Gasteiger partial charge in [-0.1, -0.05) is 49.0 Å². The van der Waals surface area contributed by atoms with Crippen molar-refractivity contribution in [3.8, 4) is 0 Å². The molecule has 0 fully saturated rings. The first-order valence-corrected chi connectivity index (χ1v) is 9.89. The van der Waals surface area contributed by atoms with Crippen molar-refractivity contribution in [2.24, 2.45) is 0 Å². The van der Waals surface area contributed by atoms with Crippen LogP contribution in [0.1, 0.15) is 38.8 Å². The minimum Gasteiger partial charge on any atom is -0.394 e. The Morgan fingerprint density at radius 2 is 1.96 bits per heavy atom. The Labute approximate surface area is 158 Å². The van der Waals surface area contributed by atoms with E-state index >= 15 is 0 Å². The summed E-state index contributed by atoms with van der Waals surface area (Å²) >= 11 is 1.66. The van der Waals surface area contributed by atoms with Gasteiger partial charge in [-0.2, -0.15) is 4.98 Å². The Hall–Kier alpha value is -2.12. The van der Waals surface area contributed by atoms with Gasteiger partial charge in [-0.25, -0.2) is 9.97 Å². The van der Waals surface area contributed by atoms with Crippen molar-refractivity contribution in [2.45, 2.75) is 50.1 Å². The van der Waals surface area contributed by atoms with Crippen LogP contribution < -0.4 is 5.32 Å². The molecule has 3 rings (SSSR count). The quantitative estimate of drug-likeness (QED) is 0.462. The molecular weight excluding hydrogens is 346 g/mol. The largest absolute Gasteiger partial charge is 0.394 e. The molecule has 0 spiro atoms. The van der Waals surface area contributed by atoms with Gasteiger partial charge in [0.2, 0.25) is 5.95 Å². The Balaban J connectivity index is 1.96. The maximum absolute atomic E-state index is 9.48. The molecule has 0 radical (unpaired) electrons. The Morgan fingerprint density at radius 1 is 1.19 bits per heavy atom. The van der Waals surface area contributed by atoms with Gasteiger partial charge < -0.3 is 15.0 Å². The van der Waals surface area contributed by atoms with Crippen LogP contribution in [0.4, 0.5) is 5.95 Å². The summed E-state index contributed by atoms with van der Waals surface area (Å²) in [6, 6.07) is 10.5. The number of nitrogens with one attached hydrogen (secondary N) is 1. The topological polar surface area (TPSA) is 75.9 Å². The van der Waals surface area contributed by atoms with Gasteiger partial charge >= 0.3 is 0 Å². The van der Waals surface area contributed by atoms with Crippen LogP contribution in [0, 0.1) is 0 Å². The summed E-state index contributed by atoms with van der Waals surface area (Å²) in [6.07, 6.45) is 2.62. The van der Waals surface area contributed by atoms with Crippen LogP contribution >= 0.6 is 11.8 Å². The van der Waals surface area contributed by atoms with Crippen LogP contribution in [0.15, 0.2) is 41.7 Å². The van der Waals surface area contributed by atoms with Crippen LogP contribution in [0.25, 0.3) is 11.2 Å². The first-order chi connectivity index (χ1) is 12.6. The number of hydrogen-bond donors (Lipinski definition) is 2. The summed E-state index contributed by atoms with van der Waals surface area (Å²) in [4.78, 5) is 13.9. The number of aliphatic hydroxyl groups excluding tert-OH is 1. The number of anilines is 1. The molecule has 0 bridgehead atoms. The highest BCUT2D eigenvalue weighted by Gasteiger charge is 2.16. The molecule has 26 heavy (non-hydrogen) atoms. The van der Waals surface area contributed by atoms with E-state index in [9.17, 15) is 5.11 Å². The highest BCUT2D eigenvalue weighted by Crippen LogP contribution is 2.29. The smallest absolute Gasteiger partial charge is 0.226 e. The SMILES string of the molecule is CC[C@H](CO)Nc1nc(SCc2ccccc2)c2ncn(C(C)C)c2n1. The molecule has 3 aromatic rings. The molecule has 0 saturated carbocycles. The molecule has 6 nitrogen and oxygen atoms in total. The molecule has 0 aliphatic heterocycles. The fraction of sp³-hybridized carbons (Fsp3) is 0.421. The normalized spacial score (nSPS) is 12.7. The van der Waals surface area contributed by atoms with Gasteiger partial charge in [-0.3, -0.25) is 0 Å². The molecule has 2 N–H and O–H groups in total. The Bertz CT molecular complexity index is 846. The molecule has 138 valence electrons. The van der Waals surface area contributed by atoms with E-state index in [1.807, 2.05) is 31.5 Å². The minimum atomic E-state index is -0.0603. The number of benzene rings is 1. The second-order valence-corrected chi connectivity index (χ2v) is 7.44. The van der Waals surface area contributed by atoms with Crippen molar-refractivity contribution in [3.63, 3.8) is 0 Å². The highest BCUT2D eigenvalue weighted by atomic mass is 32.2. The summed E-state index contributed by atoms with van der Waals surface area (Å²) in [5.74, 6) is 1.36. The maximum Gasteiger partial charge on any atom is 0.226 e. The zero-order chi connectivity index (χ0) is 18.5. The lowest BCUT2D eigenvalue weighted by Gasteiger charge is -2.15. The lowest BCUT2D eigenvalue weighted by molar-refractivity contribution is 0.271. The average molecular weight is 372 g/mol. The number of nitrogens with zero attached hydrogens (tertiary/aromatic N) is 4. The fourth-order valence-electron chi connectivity index (χ4n) is 2.62. The standard InChI is InChI=1S/C19H25N5OS/c1-4-15(10-25)21-19-22-17-16(20-12-24(17)13(2)3)18(23-19)26-11-14-8-6-5-7-9-14/h5-9,12-13,15,25H,4,10-11H2,1-3H3,(H,21,22,23)/t15-/m1/s1. The van der Waals surface area contributed by atoms with E-state index in [1.54, 1.807) is 11.8 Å². The van der Waals surface area contributed by atoms with E-state index in [-0.39, 0.29) is 18.7 Å². The van der Waals surface area contributed by atoms with Gasteiger partial charge in [0.05, 0.1) is 19.0 Å². The van der Waals surface area contributed by atoms with E-state index in [2.05, 4.69) is 50.8 Å². The summed E-state index contributed by atoms with van der Waals surface area (Å²) in [6.45, 7) is 6.29. The zero-order valence-corrected chi connectivity index (χ0v) is 16.2. The zero-order valence-electron chi connectivity index (χ0n) is 15.4. The van der Waals surface area contributed by atoms with E-state index in [0.717, 1.165) is 28.4 Å². The van der Waals surface area contributed by atoms with Gasteiger partial charge in [0.15, 0.2) is 5.65 Å². The van der Waals surface area contributed by atoms with E-state index in [0.29, 0.717) is 5.95 Å². The van der Waals surface area contributed by atoms with Crippen LogP contribution in [-0.2, 0) is 5.75 Å². The summed E-state index contributed by atoms with van der Waals surface area (Å²) in [7, 11) is 0. The lowest BCUT2D eigenvalue weighted by Crippen LogP contribution is -2.24. The number of hydrogen-bond acceptors (Lipinski definition) is 6. The third-order valence-electron chi connectivity index (χ3n) is 4.21. The first-order valence-electron chi connectivity index (χ1n) is 8.91. The molecule has 2 aromatic heterocycles.